The van der Waals surface area contributed by atoms with E-state index in [1.54, 1.807) is 67.8 Å². The Morgan fingerprint density at radius 1 is 0.723 bits per heavy atom. The molecule has 0 radical (unpaired) electrons. The Labute approximate surface area is 286 Å². The first-order valence-corrected chi connectivity index (χ1v) is 18.0. The third-order valence-electron chi connectivity index (χ3n) is 7.17. The van der Waals surface area contributed by atoms with Crippen molar-refractivity contribution < 1.29 is 31.0 Å². The number of hydrogen-bond acceptors (Lipinski definition) is 10. The molecule has 16 heteroatoms. The first-order chi connectivity index (χ1) is 22.4. The Morgan fingerprint density at radius 2 is 1.19 bits per heavy atom. The lowest BCUT2D eigenvalue weighted by Crippen LogP contribution is -2.32. The third kappa shape index (κ3) is 7.90. The number of primary sulfonamides is 1. The normalized spacial score (nSPS) is 11.9. The van der Waals surface area contributed by atoms with Crippen molar-refractivity contribution in [2.75, 3.05) is 21.3 Å². The Bertz CT molecular complexity index is 2020. The van der Waals surface area contributed by atoms with Gasteiger partial charge < -0.3 is 14.2 Å². The van der Waals surface area contributed by atoms with Gasteiger partial charge in [0.05, 0.1) is 33.4 Å². The largest absolute Gasteiger partial charge is 0.497 e. The summed E-state index contributed by atoms with van der Waals surface area (Å²) in [7, 11) is -4.54. The van der Waals surface area contributed by atoms with Gasteiger partial charge in [-0.3, -0.25) is 0 Å². The fourth-order valence-corrected chi connectivity index (χ4v) is 8.59. The van der Waals surface area contributed by atoms with Crippen LogP contribution in [0.4, 0.5) is 0 Å². The molecule has 0 saturated carbocycles. The molecule has 0 saturated heterocycles. The smallest absolute Gasteiger partial charge is 0.245 e. The van der Waals surface area contributed by atoms with Crippen LogP contribution in [-0.4, -0.2) is 62.7 Å². The molecule has 1 aromatic heterocycles. The number of nitrogens with zero attached hydrogens (tertiary/aromatic N) is 5. The molecule has 0 fully saturated rings. The fourth-order valence-electron chi connectivity index (χ4n) is 4.76. The van der Waals surface area contributed by atoms with Crippen molar-refractivity contribution in [3.63, 3.8) is 0 Å². The lowest BCUT2D eigenvalue weighted by atomic mass is 10.2. The van der Waals surface area contributed by atoms with Crippen LogP contribution < -0.4 is 19.3 Å². The Kier molecular flexibility index (Phi) is 10.5. The minimum Gasteiger partial charge on any atom is -0.497 e. The zero-order chi connectivity index (χ0) is 33.8. The Balaban J connectivity index is 1.64. The molecule has 0 aliphatic heterocycles. The van der Waals surface area contributed by atoms with E-state index < -0.39 is 29.8 Å². The van der Waals surface area contributed by atoms with Crippen molar-refractivity contribution in [3.8, 4) is 28.6 Å². The van der Waals surface area contributed by atoms with E-state index in [2.05, 4.69) is 15.4 Å². The number of ether oxygens (including phenoxy) is 3. The third-order valence-corrected chi connectivity index (χ3v) is 11.0. The number of methoxy groups -OCH3 is 3. The maximum absolute atomic E-state index is 14.8. The van der Waals surface area contributed by atoms with Crippen LogP contribution >= 0.6 is 22.6 Å². The van der Waals surface area contributed by atoms with E-state index in [0.717, 1.165) is 5.56 Å². The zero-order valence-corrected chi connectivity index (χ0v) is 29.4. The highest BCUT2D eigenvalue weighted by atomic mass is 127. The molecule has 0 spiro atoms. The monoisotopic (exact) mass is 790 g/mol. The summed E-state index contributed by atoms with van der Waals surface area (Å²) in [6.07, 6.45) is 0. The highest BCUT2D eigenvalue weighted by Crippen LogP contribution is 2.37. The van der Waals surface area contributed by atoms with Gasteiger partial charge >= 0.3 is 0 Å². The average molecular weight is 791 g/mol. The van der Waals surface area contributed by atoms with E-state index in [9.17, 15) is 16.8 Å². The van der Waals surface area contributed by atoms with Gasteiger partial charge in [-0.25, -0.2) is 22.0 Å². The molecule has 5 rings (SSSR count). The number of tetrazole rings is 1. The maximum atomic E-state index is 14.8. The second-order valence-electron chi connectivity index (χ2n) is 10.3. The predicted octanol–water partition coefficient (Wildman–Crippen LogP) is 4.06. The maximum Gasteiger partial charge on any atom is 0.245 e. The van der Waals surface area contributed by atoms with E-state index in [1.165, 1.54) is 35.5 Å². The molecule has 0 aliphatic rings. The van der Waals surface area contributed by atoms with E-state index >= 15 is 0 Å². The second kappa shape index (κ2) is 14.3. The van der Waals surface area contributed by atoms with Crippen LogP contribution in [0.3, 0.4) is 0 Å². The minimum atomic E-state index is -4.63. The molecule has 5 aromatic rings. The molecule has 0 aliphatic carbocycles. The molecule has 246 valence electrons. The van der Waals surface area contributed by atoms with Crippen LogP contribution in [0.1, 0.15) is 16.7 Å². The number of sulfonamides is 2. The van der Waals surface area contributed by atoms with E-state index in [-0.39, 0.29) is 31.0 Å². The summed E-state index contributed by atoms with van der Waals surface area (Å²) >= 11 is 1.92. The molecular weight excluding hydrogens is 759 g/mol. The lowest BCUT2D eigenvalue weighted by Gasteiger charge is -2.25. The molecule has 0 bridgehead atoms. The molecule has 2 N–H and O–H groups in total. The van der Waals surface area contributed by atoms with Crippen LogP contribution in [0, 0.1) is 3.57 Å². The number of benzene rings is 4. The van der Waals surface area contributed by atoms with Crippen LogP contribution in [0.15, 0.2) is 94.7 Å². The van der Waals surface area contributed by atoms with Crippen molar-refractivity contribution in [2.45, 2.75) is 29.4 Å². The number of hydrogen-bond donors (Lipinski definition) is 1. The molecule has 4 aromatic carbocycles. The highest BCUT2D eigenvalue weighted by molar-refractivity contribution is 14.1. The highest BCUT2D eigenvalue weighted by Gasteiger charge is 2.36. The zero-order valence-electron chi connectivity index (χ0n) is 25.6. The quantitative estimate of drug-likeness (QED) is 0.172. The average Bonchev–Trinajstić information content (AvgIpc) is 3.52. The fraction of sp³-hybridized carbons (Fsp3) is 0.194. The van der Waals surface area contributed by atoms with E-state index in [1.807, 2.05) is 34.7 Å². The number of nitrogens with two attached hydrogens (primary N) is 1. The van der Waals surface area contributed by atoms with Gasteiger partial charge in [0.25, 0.3) is 0 Å². The summed E-state index contributed by atoms with van der Waals surface area (Å²) in [5, 5.41) is 18.4. The van der Waals surface area contributed by atoms with Gasteiger partial charge in [0.15, 0.2) is 0 Å². The SMILES string of the molecule is COc1ccc(CN(Cc2ccc(OC)cc2)S(=O)(=O)c2c(S(N)(=O)=O)ccc(I)c2-c2nnn(Cc3ccc(OC)cc3)n2)cc1. The minimum absolute atomic E-state index is 0.0347. The summed E-state index contributed by atoms with van der Waals surface area (Å²) in [5.41, 5.74) is 2.07. The van der Waals surface area contributed by atoms with Crippen LogP contribution in [-0.2, 0) is 39.7 Å². The number of halogens is 1. The molecule has 0 atom stereocenters. The standard InChI is InChI=1S/C31H31IN6O7S2/c1-43-24-10-4-21(5-11-24)18-37(19-22-6-12-25(44-2)13-7-22)47(41,42)30-28(46(33,39)40)17-16-27(32)29(30)31-34-36-38(35-31)20-23-8-14-26(45-3)15-9-23/h4-17H,18-20H2,1-3H3,(H2,33,39,40). The van der Waals surface area contributed by atoms with Crippen LogP contribution in [0.25, 0.3) is 11.4 Å². The van der Waals surface area contributed by atoms with Gasteiger partial charge in [0.1, 0.15) is 27.0 Å². The van der Waals surface area contributed by atoms with Gasteiger partial charge in [-0.15, -0.1) is 10.2 Å². The number of rotatable bonds is 13. The summed E-state index contributed by atoms with van der Waals surface area (Å²) in [4.78, 5) is 0.159. The van der Waals surface area contributed by atoms with Crippen LogP contribution in [0.2, 0.25) is 0 Å². The molecule has 0 unspecified atom stereocenters. The van der Waals surface area contributed by atoms with Crippen molar-refractivity contribution in [1.82, 2.24) is 24.5 Å². The van der Waals surface area contributed by atoms with Gasteiger partial charge in [-0.2, -0.15) is 9.10 Å². The van der Waals surface area contributed by atoms with E-state index in [4.69, 9.17) is 19.3 Å². The Hall–Kier alpha value is -4.10. The molecule has 0 amide bonds. The van der Waals surface area contributed by atoms with Crippen molar-refractivity contribution in [1.29, 1.82) is 0 Å². The van der Waals surface area contributed by atoms with Crippen molar-refractivity contribution >= 4 is 42.6 Å². The summed E-state index contributed by atoms with van der Waals surface area (Å²) in [6, 6.07) is 23.7. The van der Waals surface area contributed by atoms with Gasteiger partial charge in [0.2, 0.25) is 25.9 Å². The first-order valence-electron chi connectivity index (χ1n) is 14.0. The molecular formula is C31H31IN6O7S2. The van der Waals surface area contributed by atoms with Gasteiger partial charge in [-0.1, -0.05) is 36.4 Å². The molecule has 1 heterocycles. The molecule has 47 heavy (non-hydrogen) atoms. The van der Waals surface area contributed by atoms with Crippen molar-refractivity contribution in [3.05, 3.63) is 105 Å². The van der Waals surface area contributed by atoms with Crippen molar-refractivity contribution in [2.24, 2.45) is 5.14 Å². The summed E-state index contributed by atoms with van der Waals surface area (Å²) in [5.74, 6) is 1.79. The topological polar surface area (TPSA) is 169 Å². The Morgan fingerprint density at radius 3 is 1.64 bits per heavy atom. The lowest BCUT2D eigenvalue weighted by molar-refractivity contribution is 0.396. The number of aromatic nitrogens is 4. The first kappa shape index (κ1) is 34.2. The van der Waals surface area contributed by atoms with E-state index in [0.29, 0.717) is 31.9 Å². The van der Waals surface area contributed by atoms with Crippen LogP contribution in [0.5, 0.6) is 17.2 Å². The molecule has 13 nitrogen and oxygen atoms in total. The second-order valence-corrected chi connectivity index (χ2v) is 14.8. The van der Waals surface area contributed by atoms with Gasteiger partial charge in [0, 0.05) is 16.7 Å². The van der Waals surface area contributed by atoms with Gasteiger partial charge in [-0.05, 0) is 93.0 Å². The summed E-state index contributed by atoms with van der Waals surface area (Å²) in [6.45, 7) is 0.00142. The summed E-state index contributed by atoms with van der Waals surface area (Å²) < 4.78 is 72.9. The predicted molar refractivity (Wildman–Crippen MR) is 182 cm³/mol.